The Balaban J connectivity index is 1.94. The van der Waals surface area contributed by atoms with Gasteiger partial charge < -0.3 is 0 Å². The SMILES string of the molecule is Fc1cc(Br)cc(CN2CC(CBr)C2)c1. The maximum absolute atomic E-state index is 13.1. The van der Waals surface area contributed by atoms with Gasteiger partial charge in [-0.05, 0) is 29.7 Å². The molecule has 4 heteroatoms. The third kappa shape index (κ3) is 3.02. The van der Waals surface area contributed by atoms with Crippen molar-refractivity contribution in [3.8, 4) is 0 Å². The molecule has 0 bridgehead atoms. The van der Waals surface area contributed by atoms with Crippen molar-refractivity contribution in [3.05, 3.63) is 34.1 Å². The lowest BCUT2D eigenvalue weighted by atomic mass is 10.0. The number of alkyl halides is 1. The van der Waals surface area contributed by atoms with E-state index in [0.29, 0.717) is 0 Å². The molecule has 0 N–H and O–H groups in total. The minimum atomic E-state index is -0.170. The zero-order valence-corrected chi connectivity index (χ0v) is 11.4. The number of rotatable bonds is 3. The van der Waals surface area contributed by atoms with Crippen LogP contribution in [0.5, 0.6) is 0 Å². The fraction of sp³-hybridized carbons (Fsp3) is 0.455. The molecule has 0 aromatic heterocycles. The predicted molar refractivity (Wildman–Crippen MR) is 66.7 cm³/mol. The van der Waals surface area contributed by atoms with Crippen molar-refractivity contribution >= 4 is 31.9 Å². The lowest BCUT2D eigenvalue weighted by Gasteiger charge is -2.38. The van der Waals surface area contributed by atoms with Crippen LogP contribution < -0.4 is 0 Å². The van der Waals surface area contributed by atoms with Gasteiger partial charge in [0.2, 0.25) is 0 Å². The zero-order chi connectivity index (χ0) is 10.8. The highest BCUT2D eigenvalue weighted by atomic mass is 79.9. The first-order chi connectivity index (χ1) is 7.17. The molecule has 1 heterocycles. The minimum Gasteiger partial charge on any atom is -0.298 e. The Morgan fingerprint density at radius 1 is 1.33 bits per heavy atom. The van der Waals surface area contributed by atoms with E-state index in [4.69, 9.17) is 0 Å². The summed E-state index contributed by atoms with van der Waals surface area (Å²) in [7, 11) is 0. The fourth-order valence-electron chi connectivity index (χ4n) is 1.86. The smallest absolute Gasteiger partial charge is 0.124 e. The van der Waals surface area contributed by atoms with Crippen molar-refractivity contribution < 1.29 is 4.39 Å². The van der Waals surface area contributed by atoms with Gasteiger partial charge in [-0.25, -0.2) is 4.39 Å². The van der Waals surface area contributed by atoms with Crippen LogP contribution in [0.2, 0.25) is 0 Å². The average Bonchev–Trinajstić information content (AvgIpc) is 2.08. The summed E-state index contributed by atoms with van der Waals surface area (Å²) in [6, 6.07) is 5.07. The van der Waals surface area contributed by atoms with Crippen molar-refractivity contribution in [3.63, 3.8) is 0 Å². The van der Waals surface area contributed by atoms with Gasteiger partial charge in [0.1, 0.15) is 5.82 Å². The first-order valence-corrected chi connectivity index (χ1v) is 6.82. The Hall–Kier alpha value is 0.0700. The van der Waals surface area contributed by atoms with Gasteiger partial charge >= 0.3 is 0 Å². The van der Waals surface area contributed by atoms with E-state index in [1.807, 2.05) is 6.07 Å². The summed E-state index contributed by atoms with van der Waals surface area (Å²) in [5.74, 6) is 0.596. The van der Waals surface area contributed by atoms with E-state index in [1.54, 1.807) is 6.07 Å². The van der Waals surface area contributed by atoms with E-state index in [9.17, 15) is 4.39 Å². The number of nitrogens with zero attached hydrogens (tertiary/aromatic N) is 1. The molecule has 1 nitrogen and oxygen atoms in total. The highest BCUT2D eigenvalue weighted by molar-refractivity contribution is 9.10. The van der Waals surface area contributed by atoms with E-state index < -0.39 is 0 Å². The highest BCUT2D eigenvalue weighted by Crippen LogP contribution is 2.22. The molecule has 1 fully saturated rings. The van der Waals surface area contributed by atoms with Gasteiger partial charge in [0.15, 0.2) is 0 Å². The second kappa shape index (κ2) is 4.93. The van der Waals surface area contributed by atoms with Crippen molar-refractivity contribution in [1.29, 1.82) is 0 Å². The monoisotopic (exact) mass is 335 g/mol. The quantitative estimate of drug-likeness (QED) is 0.764. The molecule has 0 atom stereocenters. The molecule has 0 aliphatic carbocycles. The van der Waals surface area contributed by atoms with Gasteiger partial charge in [-0.2, -0.15) is 0 Å². The maximum atomic E-state index is 13.1. The molecule has 0 radical (unpaired) electrons. The van der Waals surface area contributed by atoms with Gasteiger partial charge in [0.25, 0.3) is 0 Å². The fourth-order valence-corrected chi connectivity index (χ4v) is 2.79. The van der Waals surface area contributed by atoms with Crippen LogP contribution in [0.25, 0.3) is 0 Å². The standard InChI is InChI=1S/C11H12Br2FN/c12-4-9-6-15(7-9)5-8-1-10(13)3-11(14)2-8/h1-3,9H,4-7H2. The molecule has 1 aliphatic heterocycles. The summed E-state index contributed by atoms with van der Waals surface area (Å²) in [5.41, 5.74) is 1.04. The molecular formula is C11H12Br2FN. The number of halogens is 3. The van der Waals surface area contributed by atoms with Crippen LogP contribution >= 0.6 is 31.9 Å². The molecule has 1 aliphatic rings. The van der Waals surface area contributed by atoms with Crippen molar-refractivity contribution in [2.45, 2.75) is 6.54 Å². The molecule has 1 aromatic carbocycles. The third-order valence-corrected chi connectivity index (χ3v) is 3.95. The Morgan fingerprint density at radius 3 is 2.67 bits per heavy atom. The van der Waals surface area contributed by atoms with Crippen LogP contribution in [0.3, 0.4) is 0 Å². The molecule has 1 saturated heterocycles. The topological polar surface area (TPSA) is 3.24 Å². The second-order valence-electron chi connectivity index (χ2n) is 3.99. The molecule has 0 unspecified atom stereocenters. The van der Waals surface area contributed by atoms with Crippen LogP contribution in [-0.4, -0.2) is 23.3 Å². The van der Waals surface area contributed by atoms with E-state index in [1.165, 1.54) is 6.07 Å². The zero-order valence-electron chi connectivity index (χ0n) is 8.22. The normalized spacial score (nSPS) is 17.8. The highest BCUT2D eigenvalue weighted by Gasteiger charge is 2.25. The first-order valence-electron chi connectivity index (χ1n) is 4.90. The van der Waals surface area contributed by atoms with Crippen LogP contribution in [-0.2, 0) is 6.54 Å². The Bertz CT molecular complexity index is 330. The number of likely N-dealkylation sites (tertiary alicyclic amines) is 1. The Morgan fingerprint density at radius 2 is 2.07 bits per heavy atom. The van der Waals surface area contributed by atoms with Crippen molar-refractivity contribution in [2.75, 3.05) is 18.4 Å². The van der Waals surface area contributed by atoms with E-state index in [2.05, 4.69) is 36.8 Å². The van der Waals surface area contributed by atoms with Crippen molar-refractivity contribution in [2.24, 2.45) is 5.92 Å². The molecule has 15 heavy (non-hydrogen) atoms. The molecule has 0 spiro atoms. The third-order valence-electron chi connectivity index (χ3n) is 2.58. The molecule has 82 valence electrons. The van der Waals surface area contributed by atoms with Crippen molar-refractivity contribution in [1.82, 2.24) is 4.90 Å². The predicted octanol–water partition coefficient (Wildman–Crippen LogP) is 3.41. The second-order valence-corrected chi connectivity index (χ2v) is 5.56. The largest absolute Gasteiger partial charge is 0.298 e. The van der Waals surface area contributed by atoms with Gasteiger partial charge in [-0.1, -0.05) is 31.9 Å². The first kappa shape index (κ1) is 11.6. The van der Waals surface area contributed by atoms with Gasteiger partial charge in [0.05, 0.1) is 0 Å². The van der Waals surface area contributed by atoms with Gasteiger partial charge in [0, 0.05) is 29.4 Å². The maximum Gasteiger partial charge on any atom is 0.124 e. The van der Waals surface area contributed by atoms with E-state index in [0.717, 1.165) is 40.9 Å². The van der Waals surface area contributed by atoms with Crippen LogP contribution in [0.4, 0.5) is 4.39 Å². The average molecular weight is 337 g/mol. The Labute approximate surface area is 106 Å². The van der Waals surface area contributed by atoms with Crippen LogP contribution in [0.15, 0.2) is 22.7 Å². The summed E-state index contributed by atoms with van der Waals surface area (Å²) < 4.78 is 13.9. The molecule has 0 saturated carbocycles. The number of hydrogen-bond donors (Lipinski definition) is 0. The summed E-state index contributed by atoms with van der Waals surface area (Å²) >= 11 is 6.77. The summed E-state index contributed by atoms with van der Waals surface area (Å²) in [6.45, 7) is 3.07. The van der Waals surface area contributed by atoms with Gasteiger partial charge in [-0.15, -0.1) is 0 Å². The summed E-state index contributed by atoms with van der Waals surface area (Å²) in [6.07, 6.45) is 0. The molecular weight excluding hydrogens is 325 g/mol. The molecule has 0 amide bonds. The molecule has 1 aromatic rings. The Kier molecular flexibility index (Phi) is 3.80. The lowest BCUT2D eigenvalue weighted by Crippen LogP contribution is -2.46. The summed E-state index contributed by atoms with van der Waals surface area (Å²) in [4.78, 5) is 2.33. The minimum absolute atomic E-state index is 0.170. The number of hydrogen-bond acceptors (Lipinski definition) is 1. The van der Waals surface area contributed by atoms with E-state index >= 15 is 0 Å². The van der Waals surface area contributed by atoms with Crippen LogP contribution in [0.1, 0.15) is 5.56 Å². The van der Waals surface area contributed by atoms with Crippen LogP contribution in [0, 0.1) is 11.7 Å². The molecule has 2 rings (SSSR count). The number of benzene rings is 1. The lowest BCUT2D eigenvalue weighted by molar-refractivity contribution is 0.108. The summed E-state index contributed by atoms with van der Waals surface area (Å²) in [5, 5.41) is 1.07. The van der Waals surface area contributed by atoms with Gasteiger partial charge in [-0.3, -0.25) is 4.90 Å². The van der Waals surface area contributed by atoms with E-state index in [-0.39, 0.29) is 5.82 Å².